The zero-order valence-electron chi connectivity index (χ0n) is 15.8. The molecule has 1 aliphatic carbocycles. The van der Waals surface area contributed by atoms with Crippen molar-refractivity contribution in [1.29, 1.82) is 0 Å². The van der Waals surface area contributed by atoms with Gasteiger partial charge in [-0.1, -0.05) is 0 Å². The lowest BCUT2D eigenvalue weighted by Crippen LogP contribution is -2.25. The van der Waals surface area contributed by atoms with E-state index in [1.54, 1.807) is 18.8 Å². The zero-order valence-corrected chi connectivity index (χ0v) is 16.7. The van der Waals surface area contributed by atoms with Gasteiger partial charge >= 0.3 is 0 Å². The Morgan fingerprint density at radius 3 is 2.79 bits per heavy atom. The predicted octanol–water partition coefficient (Wildman–Crippen LogP) is 3.41. The summed E-state index contributed by atoms with van der Waals surface area (Å²) >= 11 is 1.53. The minimum Gasteiger partial charge on any atom is -0.382 e. The van der Waals surface area contributed by atoms with Gasteiger partial charge in [0.1, 0.15) is 0 Å². The van der Waals surface area contributed by atoms with E-state index in [2.05, 4.69) is 14.5 Å². The second-order valence-corrected chi connectivity index (χ2v) is 7.95. The molecule has 28 heavy (non-hydrogen) atoms. The molecule has 1 fully saturated rings. The van der Waals surface area contributed by atoms with E-state index in [9.17, 15) is 4.79 Å². The normalized spacial score (nSPS) is 19.9. The Morgan fingerprint density at radius 1 is 1.29 bits per heavy atom. The molecule has 4 rings (SSSR count). The number of benzene rings is 1. The van der Waals surface area contributed by atoms with E-state index in [1.165, 1.54) is 11.3 Å². The fourth-order valence-electron chi connectivity index (χ4n) is 3.92. The van der Waals surface area contributed by atoms with E-state index in [1.807, 2.05) is 18.5 Å². The second kappa shape index (κ2) is 8.38. The van der Waals surface area contributed by atoms with Gasteiger partial charge in [-0.2, -0.15) is 0 Å². The van der Waals surface area contributed by atoms with Gasteiger partial charge in [0.05, 0.1) is 52.6 Å². The number of rotatable bonds is 7. The molecule has 0 bridgehead atoms. The number of carbonyl (C=O) groups is 1. The average Bonchev–Trinajstić information content (AvgIpc) is 3.38. The van der Waals surface area contributed by atoms with Gasteiger partial charge in [-0.25, -0.2) is 4.98 Å². The Kier molecular flexibility index (Phi) is 5.70. The molecule has 0 saturated heterocycles. The molecule has 0 unspecified atom stereocenters. The van der Waals surface area contributed by atoms with Crippen LogP contribution in [0.5, 0.6) is 0 Å². The second-order valence-electron chi connectivity index (χ2n) is 7.07. The van der Waals surface area contributed by atoms with Crippen LogP contribution in [0, 0.1) is 0 Å². The third-order valence-electron chi connectivity index (χ3n) is 5.33. The molecule has 0 aliphatic heterocycles. The molecule has 148 valence electrons. The molecular formula is C20H24N4O3S. The Labute approximate surface area is 167 Å². The van der Waals surface area contributed by atoms with E-state index < -0.39 is 5.91 Å². The van der Waals surface area contributed by atoms with Crippen LogP contribution < -0.4 is 5.73 Å². The number of amides is 1. The van der Waals surface area contributed by atoms with Gasteiger partial charge < -0.3 is 19.8 Å². The van der Waals surface area contributed by atoms with E-state index in [0.717, 1.165) is 47.2 Å². The van der Waals surface area contributed by atoms with Gasteiger partial charge in [0.25, 0.3) is 5.91 Å². The van der Waals surface area contributed by atoms with Gasteiger partial charge in [0.2, 0.25) is 0 Å². The minimum absolute atomic E-state index is 0.273. The summed E-state index contributed by atoms with van der Waals surface area (Å²) in [5.74, 6) is -0.435. The summed E-state index contributed by atoms with van der Waals surface area (Å²) < 4.78 is 13.0. The number of hydrogen-bond donors (Lipinski definition) is 1. The van der Waals surface area contributed by atoms with Crippen molar-refractivity contribution >= 4 is 28.3 Å². The molecule has 0 spiro atoms. The number of thiazole rings is 1. The highest BCUT2D eigenvalue weighted by Gasteiger charge is 2.25. The van der Waals surface area contributed by atoms with Crippen LogP contribution in [0.15, 0.2) is 30.2 Å². The van der Waals surface area contributed by atoms with Crippen molar-refractivity contribution in [3.05, 3.63) is 35.7 Å². The van der Waals surface area contributed by atoms with E-state index in [0.29, 0.717) is 24.8 Å². The average molecular weight is 401 g/mol. The van der Waals surface area contributed by atoms with Crippen molar-refractivity contribution in [3.63, 3.8) is 0 Å². The van der Waals surface area contributed by atoms with E-state index in [-0.39, 0.29) is 6.10 Å². The monoisotopic (exact) mass is 400 g/mol. The molecule has 8 heteroatoms. The van der Waals surface area contributed by atoms with Crippen LogP contribution in [0.1, 0.15) is 42.1 Å². The molecule has 0 atom stereocenters. The van der Waals surface area contributed by atoms with Crippen molar-refractivity contribution in [2.75, 3.05) is 20.3 Å². The molecule has 2 aromatic heterocycles. The summed E-state index contributed by atoms with van der Waals surface area (Å²) in [5, 5.41) is 0. The highest BCUT2D eigenvalue weighted by molar-refractivity contribution is 7.13. The lowest BCUT2D eigenvalue weighted by atomic mass is 9.92. The molecule has 0 radical (unpaired) electrons. The number of nitrogens with two attached hydrogens (primary N) is 1. The molecule has 1 amide bonds. The predicted molar refractivity (Wildman–Crippen MR) is 108 cm³/mol. The smallest absolute Gasteiger partial charge is 0.250 e. The first-order valence-corrected chi connectivity index (χ1v) is 10.3. The first-order chi connectivity index (χ1) is 13.7. The molecule has 1 saturated carbocycles. The van der Waals surface area contributed by atoms with Crippen LogP contribution >= 0.6 is 11.3 Å². The number of carbonyl (C=O) groups excluding carboxylic acids is 1. The number of aromatic nitrogens is 3. The maximum absolute atomic E-state index is 12.2. The number of fused-ring (bicyclic) bond motifs is 1. The van der Waals surface area contributed by atoms with Crippen molar-refractivity contribution in [3.8, 4) is 10.4 Å². The van der Waals surface area contributed by atoms with Crippen LogP contribution in [0.25, 0.3) is 21.5 Å². The van der Waals surface area contributed by atoms with Gasteiger partial charge in [0, 0.05) is 19.3 Å². The fraction of sp³-hybridized carbons (Fsp3) is 0.450. The van der Waals surface area contributed by atoms with E-state index in [4.69, 9.17) is 15.2 Å². The van der Waals surface area contributed by atoms with Gasteiger partial charge in [-0.15, -0.1) is 11.3 Å². The first-order valence-electron chi connectivity index (χ1n) is 9.47. The SMILES string of the molecule is COCCOC1CCC(n2cnc3cc(-c4cncs4)cc(C(N)=O)c32)CC1. The van der Waals surface area contributed by atoms with Crippen LogP contribution in [-0.2, 0) is 9.47 Å². The van der Waals surface area contributed by atoms with Gasteiger partial charge in [-0.05, 0) is 43.4 Å². The van der Waals surface area contributed by atoms with Crippen molar-refractivity contribution < 1.29 is 14.3 Å². The van der Waals surface area contributed by atoms with Gasteiger partial charge in [-0.3, -0.25) is 9.78 Å². The molecular weight excluding hydrogens is 376 g/mol. The number of nitrogens with zero attached hydrogens (tertiary/aromatic N) is 3. The van der Waals surface area contributed by atoms with Crippen LogP contribution in [0.4, 0.5) is 0 Å². The first kappa shape index (κ1) is 19.0. The summed E-state index contributed by atoms with van der Waals surface area (Å²) in [6, 6.07) is 4.15. The topological polar surface area (TPSA) is 92.3 Å². The third kappa shape index (κ3) is 3.80. The number of methoxy groups -OCH3 is 1. The maximum Gasteiger partial charge on any atom is 0.250 e. The maximum atomic E-state index is 12.2. The summed E-state index contributed by atoms with van der Waals surface area (Å²) in [5.41, 5.74) is 10.5. The molecule has 2 heterocycles. The molecule has 2 N–H and O–H groups in total. The van der Waals surface area contributed by atoms with E-state index >= 15 is 0 Å². The minimum atomic E-state index is -0.435. The van der Waals surface area contributed by atoms with Crippen LogP contribution in [-0.4, -0.2) is 46.9 Å². The van der Waals surface area contributed by atoms with Crippen LogP contribution in [0.3, 0.4) is 0 Å². The quantitative estimate of drug-likeness (QED) is 0.614. The third-order valence-corrected chi connectivity index (χ3v) is 6.15. The van der Waals surface area contributed by atoms with Crippen molar-refractivity contribution in [2.45, 2.75) is 37.8 Å². The largest absolute Gasteiger partial charge is 0.382 e. The molecule has 3 aromatic rings. The lowest BCUT2D eigenvalue weighted by molar-refractivity contribution is -0.00622. The number of primary amides is 1. The fourth-order valence-corrected chi connectivity index (χ4v) is 4.54. The summed E-state index contributed by atoms with van der Waals surface area (Å²) in [6.45, 7) is 1.25. The Morgan fingerprint density at radius 2 is 2.11 bits per heavy atom. The highest BCUT2D eigenvalue weighted by Crippen LogP contribution is 2.35. The summed E-state index contributed by atoms with van der Waals surface area (Å²) in [4.78, 5) is 21.9. The molecule has 1 aliphatic rings. The number of ether oxygens (including phenoxy) is 2. The summed E-state index contributed by atoms with van der Waals surface area (Å²) in [6.07, 6.45) is 7.84. The lowest BCUT2D eigenvalue weighted by Gasteiger charge is -2.30. The number of hydrogen-bond acceptors (Lipinski definition) is 6. The Balaban J connectivity index is 1.60. The highest BCUT2D eigenvalue weighted by atomic mass is 32.1. The molecule has 7 nitrogen and oxygen atoms in total. The van der Waals surface area contributed by atoms with Gasteiger partial charge in [0.15, 0.2) is 0 Å². The van der Waals surface area contributed by atoms with Crippen LogP contribution in [0.2, 0.25) is 0 Å². The Bertz CT molecular complexity index is 946. The standard InChI is InChI=1S/C20H24N4O3S/c1-26-6-7-27-15-4-2-14(3-5-15)24-11-23-17-9-13(18-10-22-12-28-18)8-16(19(17)24)20(21)25/h8-12,14-15H,2-7H2,1H3,(H2,21,25). The Hall–Kier alpha value is -2.29. The zero-order chi connectivity index (χ0) is 19.5. The van der Waals surface area contributed by atoms with Crippen molar-refractivity contribution in [2.24, 2.45) is 5.73 Å². The number of imidazole rings is 1. The molecule has 1 aromatic carbocycles. The summed E-state index contributed by atoms with van der Waals surface area (Å²) in [7, 11) is 1.68. The van der Waals surface area contributed by atoms with Crippen molar-refractivity contribution in [1.82, 2.24) is 14.5 Å².